The Morgan fingerprint density at radius 1 is 1.29 bits per heavy atom. The fraction of sp³-hybridized carbons (Fsp3) is 0.333. The van der Waals surface area contributed by atoms with Gasteiger partial charge in [-0.25, -0.2) is 0 Å². The molecular weight excluding hydrogens is 422 g/mol. The first-order valence-electron chi connectivity index (χ1n) is 9.45. The molecule has 0 bridgehead atoms. The Morgan fingerprint density at radius 3 is 3.00 bits per heavy atom. The van der Waals surface area contributed by atoms with Gasteiger partial charge < -0.3 is 14.5 Å². The molecule has 0 spiro atoms. The number of ether oxygens (including phenoxy) is 1. The maximum atomic E-state index is 12.4. The molecule has 1 N–H and O–H groups in total. The summed E-state index contributed by atoms with van der Waals surface area (Å²) in [5.41, 5.74) is 3.71. The van der Waals surface area contributed by atoms with Crippen LogP contribution in [0.2, 0.25) is 0 Å². The molecule has 0 saturated heterocycles. The number of aryl methyl sites for hydroxylation is 3. The summed E-state index contributed by atoms with van der Waals surface area (Å²) in [7, 11) is 0. The molecule has 28 heavy (non-hydrogen) atoms. The Labute approximate surface area is 172 Å². The summed E-state index contributed by atoms with van der Waals surface area (Å²) in [6.07, 6.45) is 5.21. The van der Waals surface area contributed by atoms with Crippen LogP contribution in [0.1, 0.15) is 46.5 Å². The van der Waals surface area contributed by atoms with Crippen LogP contribution in [0.15, 0.2) is 45.4 Å². The van der Waals surface area contributed by atoms with Crippen molar-refractivity contribution in [2.45, 2.75) is 45.9 Å². The molecule has 1 amide bonds. The van der Waals surface area contributed by atoms with Gasteiger partial charge in [0.2, 0.25) is 0 Å². The number of halogens is 1. The van der Waals surface area contributed by atoms with E-state index in [1.165, 1.54) is 17.5 Å². The average molecular weight is 444 g/mol. The third-order valence-corrected chi connectivity index (χ3v) is 5.61. The summed E-state index contributed by atoms with van der Waals surface area (Å²) in [5, 5.41) is 7.11. The number of carbonyl (C=O) groups excluding carboxylic acids is 1. The van der Waals surface area contributed by atoms with Crippen LogP contribution in [0.25, 0.3) is 0 Å². The minimum Gasteiger partial charge on any atom is -0.486 e. The first kappa shape index (κ1) is 18.8. The molecule has 2 aromatic heterocycles. The zero-order valence-electron chi connectivity index (χ0n) is 15.7. The summed E-state index contributed by atoms with van der Waals surface area (Å²) in [5.74, 6) is 1.46. The fourth-order valence-electron chi connectivity index (χ4n) is 3.46. The van der Waals surface area contributed by atoms with E-state index < -0.39 is 0 Å². The smallest absolute Gasteiger partial charge is 0.287 e. The predicted molar refractivity (Wildman–Crippen MR) is 108 cm³/mol. The summed E-state index contributed by atoms with van der Waals surface area (Å²) >= 11 is 3.46. The maximum absolute atomic E-state index is 12.4. The van der Waals surface area contributed by atoms with E-state index in [9.17, 15) is 4.79 Å². The van der Waals surface area contributed by atoms with E-state index >= 15 is 0 Å². The largest absolute Gasteiger partial charge is 0.486 e. The Bertz CT molecular complexity index is 993. The topological polar surface area (TPSA) is 69.3 Å². The zero-order chi connectivity index (χ0) is 19.5. The minimum atomic E-state index is -0.264. The van der Waals surface area contributed by atoms with Crippen molar-refractivity contribution in [3.05, 3.63) is 69.3 Å². The maximum Gasteiger partial charge on any atom is 0.287 e. The number of furan rings is 1. The van der Waals surface area contributed by atoms with Crippen molar-refractivity contribution in [3.63, 3.8) is 0 Å². The van der Waals surface area contributed by atoms with Crippen molar-refractivity contribution < 1.29 is 13.9 Å². The summed E-state index contributed by atoms with van der Waals surface area (Å²) in [4.78, 5) is 12.4. The number of nitrogens with one attached hydrogen (secondary N) is 1. The van der Waals surface area contributed by atoms with Gasteiger partial charge in [0, 0.05) is 6.54 Å². The number of benzene rings is 1. The van der Waals surface area contributed by atoms with Crippen molar-refractivity contribution in [2.75, 3.05) is 0 Å². The van der Waals surface area contributed by atoms with Gasteiger partial charge in [-0.3, -0.25) is 9.48 Å². The van der Waals surface area contributed by atoms with Crippen molar-refractivity contribution in [2.24, 2.45) is 0 Å². The molecule has 0 radical (unpaired) electrons. The van der Waals surface area contributed by atoms with Gasteiger partial charge in [-0.2, -0.15) is 5.10 Å². The van der Waals surface area contributed by atoms with Gasteiger partial charge in [-0.15, -0.1) is 0 Å². The molecule has 7 heteroatoms. The van der Waals surface area contributed by atoms with Gasteiger partial charge in [-0.1, -0.05) is 6.07 Å². The molecule has 6 nitrogen and oxygen atoms in total. The minimum absolute atomic E-state index is 0.264. The number of fused-ring (bicyclic) bond motifs is 1. The second-order valence-electron chi connectivity index (χ2n) is 6.78. The van der Waals surface area contributed by atoms with E-state index in [4.69, 9.17) is 9.15 Å². The lowest BCUT2D eigenvalue weighted by molar-refractivity contribution is 0.0918. The lowest BCUT2D eigenvalue weighted by atomic mass is 10.1. The first-order valence-corrected chi connectivity index (χ1v) is 10.2. The second-order valence-corrected chi connectivity index (χ2v) is 7.63. The van der Waals surface area contributed by atoms with Crippen molar-refractivity contribution in [1.82, 2.24) is 15.1 Å². The molecule has 146 valence electrons. The molecule has 3 aromatic rings. The third-order valence-electron chi connectivity index (χ3n) is 4.95. The fourth-order valence-corrected chi connectivity index (χ4v) is 3.89. The van der Waals surface area contributed by atoms with E-state index in [1.54, 1.807) is 18.3 Å². The Hall–Kier alpha value is -2.54. The number of amides is 1. The number of rotatable bonds is 7. The van der Waals surface area contributed by atoms with Gasteiger partial charge in [0.1, 0.15) is 18.1 Å². The van der Waals surface area contributed by atoms with Gasteiger partial charge in [0.05, 0.1) is 22.9 Å². The standard InChI is InChI=1S/C21H22BrN3O3/c1-2-25-19(18(22)11-24-25)12-23-21(26)20-9-8-17(28-20)13-27-16-7-6-14-4-3-5-15(14)10-16/h6-11H,2-5,12-13H2,1H3,(H,23,26). The highest BCUT2D eigenvalue weighted by Crippen LogP contribution is 2.26. The van der Waals surface area contributed by atoms with E-state index in [1.807, 2.05) is 17.7 Å². The van der Waals surface area contributed by atoms with Gasteiger partial charge in [-0.05, 0) is 77.5 Å². The van der Waals surface area contributed by atoms with E-state index in [0.717, 1.165) is 35.3 Å². The second kappa shape index (κ2) is 8.22. The van der Waals surface area contributed by atoms with Crippen LogP contribution in [0.5, 0.6) is 5.75 Å². The summed E-state index contributed by atoms with van der Waals surface area (Å²) in [6, 6.07) is 9.68. The van der Waals surface area contributed by atoms with Crippen LogP contribution in [0.4, 0.5) is 0 Å². The predicted octanol–water partition coefficient (Wildman–Crippen LogP) is 4.26. The average Bonchev–Trinajstić information content (AvgIpc) is 3.43. The van der Waals surface area contributed by atoms with Gasteiger partial charge >= 0.3 is 0 Å². The number of nitrogens with zero attached hydrogens (tertiary/aromatic N) is 2. The van der Waals surface area contributed by atoms with Gasteiger partial charge in [0.15, 0.2) is 5.76 Å². The van der Waals surface area contributed by atoms with Crippen molar-refractivity contribution >= 4 is 21.8 Å². The molecule has 1 aliphatic rings. The lowest BCUT2D eigenvalue weighted by Crippen LogP contribution is -2.24. The first-order chi connectivity index (χ1) is 13.6. The molecule has 0 atom stereocenters. The summed E-state index contributed by atoms with van der Waals surface area (Å²) in [6.45, 7) is 3.40. The van der Waals surface area contributed by atoms with Crippen molar-refractivity contribution in [1.29, 1.82) is 0 Å². The van der Waals surface area contributed by atoms with Crippen LogP contribution in [-0.4, -0.2) is 15.7 Å². The van der Waals surface area contributed by atoms with Gasteiger partial charge in [0.25, 0.3) is 5.91 Å². The molecule has 0 unspecified atom stereocenters. The van der Waals surface area contributed by atoms with Crippen LogP contribution >= 0.6 is 15.9 Å². The van der Waals surface area contributed by atoms with E-state index in [0.29, 0.717) is 18.9 Å². The highest BCUT2D eigenvalue weighted by Gasteiger charge is 2.15. The zero-order valence-corrected chi connectivity index (χ0v) is 17.3. The van der Waals surface area contributed by atoms with Crippen LogP contribution in [0.3, 0.4) is 0 Å². The summed E-state index contributed by atoms with van der Waals surface area (Å²) < 4.78 is 14.2. The Balaban J connectivity index is 1.33. The SMILES string of the molecule is CCn1ncc(Br)c1CNC(=O)c1ccc(COc2ccc3c(c2)CCC3)o1. The van der Waals surface area contributed by atoms with E-state index in [2.05, 4.69) is 38.5 Å². The van der Waals surface area contributed by atoms with Crippen LogP contribution in [0, 0.1) is 0 Å². The van der Waals surface area contributed by atoms with Crippen LogP contribution in [-0.2, 0) is 32.5 Å². The molecule has 0 saturated carbocycles. The quantitative estimate of drug-likeness (QED) is 0.592. The number of hydrogen-bond donors (Lipinski definition) is 1. The number of carbonyl (C=O) groups is 1. The monoisotopic (exact) mass is 443 g/mol. The highest BCUT2D eigenvalue weighted by molar-refractivity contribution is 9.10. The molecule has 0 aliphatic heterocycles. The Kier molecular flexibility index (Phi) is 5.52. The normalized spacial score (nSPS) is 12.8. The number of hydrogen-bond acceptors (Lipinski definition) is 4. The van der Waals surface area contributed by atoms with Crippen molar-refractivity contribution in [3.8, 4) is 5.75 Å². The Morgan fingerprint density at radius 2 is 2.14 bits per heavy atom. The molecule has 1 aliphatic carbocycles. The molecule has 0 fully saturated rings. The lowest BCUT2D eigenvalue weighted by Gasteiger charge is -2.07. The highest BCUT2D eigenvalue weighted by atomic mass is 79.9. The molecule has 4 rings (SSSR count). The third kappa shape index (κ3) is 3.99. The van der Waals surface area contributed by atoms with Crippen LogP contribution < -0.4 is 10.1 Å². The molecular formula is C21H22BrN3O3. The molecule has 1 aromatic carbocycles. The molecule has 2 heterocycles. The number of aromatic nitrogens is 2. The van der Waals surface area contributed by atoms with E-state index in [-0.39, 0.29) is 11.7 Å².